The molecule has 3 aliphatic rings. The largest absolute Gasteiger partial charge is 0.340 e. The first-order valence-corrected chi connectivity index (χ1v) is 16.8. The average Bonchev–Trinajstić information content (AvgIpc) is 3.65. The average molecular weight is 604 g/mol. The van der Waals surface area contributed by atoms with Gasteiger partial charge in [0.25, 0.3) is 0 Å². The molecule has 2 aliphatic carbocycles. The molecule has 6 aromatic carbocycles. The second-order valence-electron chi connectivity index (χ2n) is 13.7. The maximum absolute atomic E-state index is 2.57. The van der Waals surface area contributed by atoms with Gasteiger partial charge >= 0.3 is 0 Å². The number of fused-ring (bicyclic) bond motifs is 8. The van der Waals surface area contributed by atoms with Crippen molar-refractivity contribution >= 4 is 11.4 Å². The van der Waals surface area contributed by atoms with Gasteiger partial charge in [0.05, 0.1) is 5.41 Å². The second kappa shape index (κ2) is 10.6. The first-order valence-electron chi connectivity index (χ1n) is 16.8. The van der Waals surface area contributed by atoms with Crippen molar-refractivity contribution in [3.63, 3.8) is 0 Å². The Hall–Kier alpha value is -5.40. The van der Waals surface area contributed by atoms with Gasteiger partial charge in [-0.05, 0) is 79.9 Å². The van der Waals surface area contributed by atoms with E-state index in [2.05, 4.69) is 189 Å². The lowest BCUT2D eigenvalue weighted by Gasteiger charge is -2.53. The maximum Gasteiger partial charge on any atom is 0.0748 e. The molecule has 1 nitrogen and oxygen atoms in total. The highest BCUT2D eigenvalue weighted by molar-refractivity contribution is 5.87. The lowest BCUT2D eigenvalue weighted by atomic mass is 9.52. The predicted molar refractivity (Wildman–Crippen MR) is 197 cm³/mol. The number of anilines is 2. The molecule has 6 aromatic rings. The topological polar surface area (TPSA) is 3.24 Å². The van der Waals surface area contributed by atoms with Gasteiger partial charge in [-0.2, -0.15) is 0 Å². The molecule has 0 bridgehead atoms. The van der Waals surface area contributed by atoms with E-state index in [0.29, 0.717) is 5.92 Å². The van der Waals surface area contributed by atoms with E-state index >= 15 is 0 Å². The van der Waals surface area contributed by atoms with Crippen LogP contribution in [-0.4, -0.2) is 6.54 Å². The maximum atomic E-state index is 2.57. The number of hydrogen-bond donors (Lipinski definition) is 0. The van der Waals surface area contributed by atoms with Gasteiger partial charge < -0.3 is 4.90 Å². The number of allylic oxidation sites excluding steroid dienone is 2. The zero-order valence-corrected chi connectivity index (χ0v) is 26.9. The van der Waals surface area contributed by atoms with Gasteiger partial charge in [-0.25, -0.2) is 0 Å². The lowest BCUT2D eigenvalue weighted by molar-refractivity contribution is 0.554. The molecule has 0 saturated carbocycles. The first-order chi connectivity index (χ1) is 23.1. The Kier molecular flexibility index (Phi) is 6.27. The van der Waals surface area contributed by atoms with Crippen molar-refractivity contribution in [2.75, 3.05) is 11.4 Å². The van der Waals surface area contributed by atoms with Crippen LogP contribution in [0.5, 0.6) is 0 Å². The minimum atomic E-state index is -0.513. The van der Waals surface area contributed by atoms with Crippen molar-refractivity contribution in [3.8, 4) is 22.3 Å². The summed E-state index contributed by atoms with van der Waals surface area (Å²) in [6.45, 7) is 5.72. The third-order valence-electron chi connectivity index (χ3n) is 10.8. The van der Waals surface area contributed by atoms with Gasteiger partial charge in [0.15, 0.2) is 0 Å². The van der Waals surface area contributed by atoms with Crippen LogP contribution >= 0.6 is 0 Å². The zero-order valence-electron chi connectivity index (χ0n) is 26.9. The Bertz CT molecular complexity index is 2050. The minimum Gasteiger partial charge on any atom is -0.340 e. The molecule has 0 amide bonds. The molecule has 0 atom stereocenters. The molecule has 226 valence electrons. The molecule has 1 aliphatic heterocycles. The Morgan fingerprint density at radius 1 is 0.447 bits per heavy atom. The smallest absolute Gasteiger partial charge is 0.0748 e. The fraction of sp³-hybridized carbons (Fsp3) is 0.130. The van der Waals surface area contributed by atoms with E-state index < -0.39 is 5.41 Å². The van der Waals surface area contributed by atoms with E-state index in [1.165, 1.54) is 67.0 Å². The van der Waals surface area contributed by atoms with Gasteiger partial charge in [-0.15, -0.1) is 0 Å². The normalized spacial score (nSPS) is 16.4. The Labute approximate surface area is 278 Å². The van der Waals surface area contributed by atoms with Crippen LogP contribution in [0.4, 0.5) is 11.4 Å². The quantitative estimate of drug-likeness (QED) is 0.194. The van der Waals surface area contributed by atoms with Crippen LogP contribution in [0, 0.1) is 5.92 Å². The third-order valence-corrected chi connectivity index (χ3v) is 10.8. The summed E-state index contributed by atoms with van der Waals surface area (Å²) in [5.74, 6) is 0.365. The van der Waals surface area contributed by atoms with Gasteiger partial charge in [-0.3, -0.25) is 0 Å². The first kappa shape index (κ1) is 27.9. The highest BCUT2D eigenvalue weighted by Crippen LogP contribution is 2.62. The summed E-state index contributed by atoms with van der Waals surface area (Å²) in [7, 11) is 0. The number of para-hydroxylation sites is 2. The molecular formula is C46H37N. The Morgan fingerprint density at radius 3 is 1.38 bits per heavy atom. The molecule has 0 unspecified atom stereocenters. The molecule has 47 heavy (non-hydrogen) atoms. The van der Waals surface area contributed by atoms with Gasteiger partial charge in [-0.1, -0.05) is 159 Å². The summed E-state index contributed by atoms with van der Waals surface area (Å²) in [4.78, 5) is 2.57. The van der Waals surface area contributed by atoms with Crippen molar-refractivity contribution in [1.82, 2.24) is 0 Å². The molecule has 1 heterocycles. The van der Waals surface area contributed by atoms with E-state index in [1.54, 1.807) is 0 Å². The number of nitrogens with zero attached hydrogens (tertiary/aromatic N) is 1. The standard InChI is InChI=1S/C46H37N/c1-45(2)37-27-25-35(33-17-5-3-6-18-33)29-41(37)46(42-30-36(26-28-38(42)45)34-19-7-4-8-20-34)39-21-11-13-23-43(39)47(31-32-15-9-10-16-32)44-24-14-12-22-40(44)46/h3-30,32H,31H2,1-2H3. The zero-order chi connectivity index (χ0) is 31.6. The predicted octanol–water partition coefficient (Wildman–Crippen LogP) is 11.2. The van der Waals surface area contributed by atoms with Crippen molar-refractivity contribution in [1.29, 1.82) is 0 Å². The van der Waals surface area contributed by atoms with E-state index in [1.807, 2.05) is 0 Å². The van der Waals surface area contributed by atoms with Crippen LogP contribution in [0.2, 0.25) is 0 Å². The van der Waals surface area contributed by atoms with E-state index in [0.717, 1.165) is 6.54 Å². The van der Waals surface area contributed by atoms with Crippen LogP contribution in [0.3, 0.4) is 0 Å². The summed E-state index contributed by atoms with van der Waals surface area (Å²) in [6, 6.07) is 54.6. The summed E-state index contributed by atoms with van der Waals surface area (Å²) >= 11 is 0. The fourth-order valence-corrected chi connectivity index (χ4v) is 8.62. The van der Waals surface area contributed by atoms with Crippen molar-refractivity contribution in [2.24, 2.45) is 5.92 Å². The molecule has 1 heteroatoms. The number of hydrogen-bond acceptors (Lipinski definition) is 1. The van der Waals surface area contributed by atoms with Crippen molar-refractivity contribution < 1.29 is 0 Å². The van der Waals surface area contributed by atoms with Crippen LogP contribution in [0.15, 0.2) is 170 Å². The second-order valence-corrected chi connectivity index (χ2v) is 13.7. The van der Waals surface area contributed by atoms with E-state index in [-0.39, 0.29) is 5.41 Å². The van der Waals surface area contributed by atoms with Gasteiger partial charge in [0, 0.05) is 29.3 Å². The van der Waals surface area contributed by atoms with Crippen LogP contribution in [0.1, 0.15) is 47.2 Å². The molecule has 0 N–H and O–H groups in total. The summed E-state index contributed by atoms with van der Waals surface area (Å²) in [5, 5.41) is 0. The molecule has 0 saturated heterocycles. The monoisotopic (exact) mass is 603 g/mol. The minimum absolute atomic E-state index is 0.194. The van der Waals surface area contributed by atoms with Crippen LogP contribution in [-0.2, 0) is 10.8 Å². The van der Waals surface area contributed by atoms with Crippen LogP contribution in [0.25, 0.3) is 22.3 Å². The highest BCUT2D eigenvalue weighted by atomic mass is 15.2. The Morgan fingerprint density at radius 2 is 0.894 bits per heavy atom. The molecule has 0 fully saturated rings. The summed E-state index contributed by atoms with van der Waals surface area (Å²) < 4.78 is 0. The fourth-order valence-electron chi connectivity index (χ4n) is 8.62. The SMILES string of the molecule is CC1(C)c2ccc(-c3ccccc3)cc2C2(c3ccccc3N(CC3C=CC=C3)c3ccccc32)c2cc(-c3ccccc3)ccc21. The Balaban J connectivity index is 1.42. The molecule has 0 aromatic heterocycles. The van der Waals surface area contributed by atoms with Crippen LogP contribution < -0.4 is 4.90 Å². The summed E-state index contributed by atoms with van der Waals surface area (Å²) in [6.07, 6.45) is 9.00. The van der Waals surface area contributed by atoms with E-state index in [4.69, 9.17) is 0 Å². The molecule has 1 spiro atoms. The van der Waals surface area contributed by atoms with E-state index in [9.17, 15) is 0 Å². The van der Waals surface area contributed by atoms with Crippen molar-refractivity contribution in [2.45, 2.75) is 24.7 Å². The lowest BCUT2D eigenvalue weighted by Crippen LogP contribution is -2.46. The number of benzene rings is 6. The third kappa shape index (κ3) is 4.09. The summed E-state index contributed by atoms with van der Waals surface area (Å²) in [5.41, 5.74) is 15.1. The number of rotatable bonds is 4. The van der Waals surface area contributed by atoms with Crippen molar-refractivity contribution in [3.05, 3.63) is 203 Å². The molecule has 9 rings (SSSR count). The highest BCUT2D eigenvalue weighted by Gasteiger charge is 2.53. The van der Waals surface area contributed by atoms with Gasteiger partial charge in [0.2, 0.25) is 0 Å². The van der Waals surface area contributed by atoms with Gasteiger partial charge in [0.1, 0.15) is 0 Å². The molecular weight excluding hydrogens is 567 g/mol. The molecule has 0 radical (unpaired) electrons.